The molecule has 0 unspecified atom stereocenters. The van der Waals surface area contributed by atoms with Crippen LogP contribution in [0.1, 0.15) is 20.8 Å². The van der Waals surface area contributed by atoms with Gasteiger partial charge in [-0.1, -0.05) is 6.92 Å². The normalized spacial score (nSPS) is 12.0. The first-order valence-electron chi connectivity index (χ1n) is 2.86. The van der Waals surface area contributed by atoms with Crippen molar-refractivity contribution in [2.75, 3.05) is 11.5 Å². The van der Waals surface area contributed by atoms with Crippen LogP contribution in [0.5, 0.6) is 0 Å². The second kappa shape index (κ2) is 3.36. The van der Waals surface area contributed by atoms with E-state index in [-0.39, 0.29) is 0 Å². The minimum Gasteiger partial charge on any atom is -0.390 e. The number of thioether (sulfide) groups is 1. The van der Waals surface area contributed by atoms with Crippen LogP contribution in [0.2, 0.25) is 0 Å². The summed E-state index contributed by atoms with van der Waals surface area (Å²) < 4.78 is 0. The monoisotopic (exact) mass is 134 g/mol. The van der Waals surface area contributed by atoms with E-state index in [0.29, 0.717) is 0 Å². The van der Waals surface area contributed by atoms with E-state index in [2.05, 4.69) is 6.92 Å². The maximum Gasteiger partial charge on any atom is 0.0681 e. The second-order valence-electron chi connectivity index (χ2n) is 2.45. The lowest BCUT2D eigenvalue weighted by atomic mass is 10.2. The molecular weight excluding hydrogens is 120 g/mol. The number of hydrogen-bond acceptors (Lipinski definition) is 2. The number of aliphatic hydroxyl groups is 1. The number of rotatable bonds is 3. The average Bonchev–Trinajstić information content (AvgIpc) is 1.59. The molecule has 0 fully saturated rings. The average molecular weight is 134 g/mol. The van der Waals surface area contributed by atoms with Crippen LogP contribution in [-0.2, 0) is 0 Å². The van der Waals surface area contributed by atoms with Gasteiger partial charge in [-0.3, -0.25) is 0 Å². The Morgan fingerprint density at radius 2 is 2.00 bits per heavy atom. The minimum atomic E-state index is -0.485. The van der Waals surface area contributed by atoms with Crippen LogP contribution in [-0.4, -0.2) is 22.2 Å². The molecule has 0 bridgehead atoms. The van der Waals surface area contributed by atoms with Crippen molar-refractivity contribution in [1.82, 2.24) is 0 Å². The first-order valence-corrected chi connectivity index (χ1v) is 4.02. The third-order valence-electron chi connectivity index (χ3n) is 0.659. The molecule has 0 rings (SSSR count). The van der Waals surface area contributed by atoms with Crippen molar-refractivity contribution in [2.45, 2.75) is 26.4 Å². The molecule has 8 heavy (non-hydrogen) atoms. The smallest absolute Gasteiger partial charge is 0.0681 e. The molecule has 0 aliphatic carbocycles. The summed E-state index contributed by atoms with van der Waals surface area (Å²) in [4.78, 5) is 0. The largest absolute Gasteiger partial charge is 0.390 e. The highest BCUT2D eigenvalue weighted by Gasteiger charge is 2.10. The summed E-state index contributed by atoms with van der Waals surface area (Å²) in [6, 6.07) is 0. The third kappa shape index (κ3) is 6.31. The van der Waals surface area contributed by atoms with E-state index in [0.717, 1.165) is 11.5 Å². The van der Waals surface area contributed by atoms with Gasteiger partial charge in [-0.15, -0.1) is 0 Å². The molecule has 0 aliphatic heterocycles. The van der Waals surface area contributed by atoms with Crippen LogP contribution >= 0.6 is 11.8 Å². The fourth-order valence-corrected chi connectivity index (χ4v) is 1.06. The Morgan fingerprint density at radius 3 is 2.12 bits per heavy atom. The van der Waals surface area contributed by atoms with Gasteiger partial charge in [0, 0.05) is 5.75 Å². The summed E-state index contributed by atoms with van der Waals surface area (Å²) in [5.74, 6) is 1.92. The van der Waals surface area contributed by atoms with Crippen molar-refractivity contribution in [2.24, 2.45) is 0 Å². The van der Waals surface area contributed by atoms with Crippen molar-refractivity contribution in [3.63, 3.8) is 0 Å². The standard InChI is InChI=1S/C6H14OS/c1-4-8-5-6(2,3)7/h7H,4-5H2,1-3H3. The molecule has 1 nitrogen and oxygen atoms in total. The minimum absolute atomic E-state index is 0.485. The third-order valence-corrected chi connectivity index (χ3v) is 1.98. The van der Waals surface area contributed by atoms with E-state index < -0.39 is 5.60 Å². The quantitative estimate of drug-likeness (QED) is 0.631. The van der Waals surface area contributed by atoms with Crippen molar-refractivity contribution in [3.8, 4) is 0 Å². The first kappa shape index (κ1) is 8.31. The van der Waals surface area contributed by atoms with Gasteiger partial charge in [0.15, 0.2) is 0 Å². The summed E-state index contributed by atoms with van der Waals surface area (Å²) >= 11 is 1.77. The van der Waals surface area contributed by atoms with Gasteiger partial charge in [0.1, 0.15) is 0 Å². The van der Waals surface area contributed by atoms with Crippen LogP contribution in [0.15, 0.2) is 0 Å². The summed E-state index contributed by atoms with van der Waals surface area (Å²) in [7, 11) is 0. The van der Waals surface area contributed by atoms with Crippen LogP contribution in [0, 0.1) is 0 Å². The lowest BCUT2D eigenvalue weighted by Crippen LogP contribution is -2.21. The van der Waals surface area contributed by atoms with Gasteiger partial charge < -0.3 is 5.11 Å². The maximum atomic E-state index is 9.13. The van der Waals surface area contributed by atoms with E-state index in [1.165, 1.54) is 0 Å². The Morgan fingerprint density at radius 1 is 1.50 bits per heavy atom. The van der Waals surface area contributed by atoms with Gasteiger partial charge in [-0.05, 0) is 19.6 Å². The predicted octanol–water partition coefficient (Wildman–Crippen LogP) is 1.51. The molecule has 0 saturated heterocycles. The molecule has 2 heteroatoms. The Balaban J connectivity index is 3.11. The van der Waals surface area contributed by atoms with E-state index in [4.69, 9.17) is 5.11 Å². The van der Waals surface area contributed by atoms with E-state index in [1.54, 1.807) is 11.8 Å². The Hall–Kier alpha value is 0.310. The van der Waals surface area contributed by atoms with E-state index in [1.807, 2.05) is 13.8 Å². The molecule has 0 aromatic carbocycles. The summed E-state index contributed by atoms with van der Waals surface area (Å²) in [5, 5.41) is 9.13. The zero-order valence-corrected chi connectivity index (χ0v) is 6.59. The van der Waals surface area contributed by atoms with Crippen LogP contribution in [0.3, 0.4) is 0 Å². The molecule has 0 aliphatic rings. The number of hydrogen-bond donors (Lipinski definition) is 1. The second-order valence-corrected chi connectivity index (χ2v) is 3.72. The summed E-state index contributed by atoms with van der Waals surface area (Å²) in [6.07, 6.45) is 0. The molecule has 1 N–H and O–H groups in total. The van der Waals surface area contributed by atoms with Gasteiger partial charge in [-0.2, -0.15) is 11.8 Å². The van der Waals surface area contributed by atoms with Crippen LogP contribution in [0.4, 0.5) is 0 Å². The highest BCUT2D eigenvalue weighted by molar-refractivity contribution is 7.99. The maximum absolute atomic E-state index is 9.13. The topological polar surface area (TPSA) is 20.2 Å². The molecular formula is C6H14OS. The van der Waals surface area contributed by atoms with Crippen molar-refractivity contribution >= 4 is 11.8 Å². The Bertz CT molecular complexity index is 56.0. The van der Waals surface area contributed by atoms with Crippen LogP contribution in [0.25, 0.3) is 0 Å². The Labute approximate surface area is 55.5 Å². The zero-order chi connectivity index (χ0) is 6.62. The molecule has 0 saturated carbocycles. The van der Waals surface area contributed by atoms with Gasteiger partial charge in [0.05, 0.1) is 5.60 Å². The first-order chi connectivity index (χ1) is 3.56. The molecule has 0 atom stereocenters. The highest BCUT2D eigenvalue weighted by Crippen LogP contribution is 2.10. The Kier molecular flexibility index (Phi) is 3.49. The van der Waals surface area contributed by atoms with Crippen molar-refractivity contribution < 1.29 is 5.11 Å². The predicted molar refractivity (Wildman–Crippen MR) is 39.3 cm³/mol. The lowest BCUT2D eigenvalue weighted by molar-refractivity contribution is 0.107. The SMILES string of the molecule is CCSCC(C)(C)O. The van der Waals surface area contributed by atoms with Crippen molar-refractivity contribution in [3.05, 3.63) is 0 Å². The fourth-order valence-electron chi connectivity index (χ4n) is 0.352. The zero-order valence-electron chi connectivity index (χ0n) is 5.77. The molecule has 0 amide bonds. The molecule has 0 radical (unpaired) electrons. The molecule has 0 aromatic rings. The lowest BCUT2D eigenvalue weighted by Gasteiger charge is -2.14. The summed E-state index contributed by atoms with van der Waals surface area (Å²) in [6.45, 7) is 5.75. The van der Waals surface area contributed by atoms with Crippen LogP contribution < -0.4 is 0 Å². The highest BCUT2D eigenvalue weighted by atomic mass is 32.2. The molecule has 50 valence electrons. The van der Waals surface area contributed by atoms with E-state index >= 15 is 0 Å². The molecule has 0 aromatic heterocycles. The van der Waals surface area contributed by atoms with Crippen molar-refractivity contribution in [1.29, 1.82) is 0 Å². The molecule has 0 heterocycles. The summed E-state index contributed by atoms with van der Waals surface area (Å²) in [5.41, 5.74) is -0.485. The van der Waals surface area contributed by atoms with Gasteiger partial charge in [-0.25, -0.2) is 0 Å². The van der Waals surface area contributed by atoms with Gasteiger partial charge in [0.2, 0.25) is 0 Å². The fraction of sp³-hybridized carbons (Fsp3) is 1.00. The van der Waals surface area contributed by atoms with Gasteiger partial charge in [0.25, 0.3) is 0 Å². The van der Waals surface area contributed by atoms with Gasteiger partial charge >= 0.3 is 0 Å². The molecule has 0 spiro atoms. The van der Waals surface area contributed by atoms with E-state index in [9.17, 15) is 0 Å².